The molecule has 0 saturated carbocycles. The molecule has 0 aliphatic carbocycles. The Balaban J connectivity index is 2.25. The quantitative estimate of drug-likeness (QED) is 0.863. The largest absolute Gasteiger partial charge is 0.477 e. The van der Waals surface area contributed by atoms with Crippen LogP contribution in [0.15, 0.2) is 0 Å². The van der Waals surface area contributed by atoms with Gasteiger partial charge in [0.25, 0.3) is 0 Å². The molecule has 7 nitrogen and oxygen atoms in total. The van der Waals surface area contributed by atoms with Gasteiger partial charge in [-0.05, 0) is 27.7 Å². The van der Waals surface area contributed by atoms with Crippen molar-refractivity contribution in [3.8, 4) is 0 Å². The van der Waals surface area contributed by atoms with Crippen LogP contribution in [0.25, 0.3) is 0 Å². The molecule has 0 radical (unpaired) electrons. The van der Waals surface area contributed by atoms with E-state index in [0.717, 1.165) is 11.3 Å². The molecule has 1 aromatic rings. The van der Waals surface area contributed by atoms with Gasteiger partial charge in [0.2, 0.25) is 0 Å². The van der Waals surface area contributed by atoms with Gasteiger partial charge in [-0.1, -0.05) is 0 Å². The van der Waals surface area contributed by atoms with E-state index < -0.39 is 17.7 Å². The van der Waals surface area contributed by atoms with Gasteiger partial charge < -0.3 is 15.2 Å². The van der Waals surface area contributed by atoms with Crippen LogP contribution in [0.1, 0.15) is 47.2 Å². The van der Waals surface area contributed by atoms with Crippen molar-refractivity contribution in [2.75, 3.05) is 19.6 Å². The molecule has 1 aliphatic rings. The highest BCUT2D eigenvalue weighted by Gasteiger charge is 2.34. The topological polar surface area (TPSA) is 91.8 Å². The number of aryl methyl sites for hydroxylation is 1. The van der Waals surface area contributed by atoms with Gasteiger partial charge >= 0.3 is 12.1 Å². The Bertz CT molecular complexity index is 579. The van der Waals surface area contributed by atoms with E-state index in [0.29, 0.717) is 30.3 Å². The lowest BCUT2D eigenvalue weighted by atomic mass is 10.2. The van der Waals surface area contributed by atoms with Crippen LogP contribution in [0.2, 0.25) is 0 Å². The molecule has 2 N–H and O–H groups in total. The number of carboxylic acids is 1. The zero-order chi connectivity index (χ0) is 16.5. The Morgan fingerprint density at radius 3 is 2.68 bits per heavy atom. The van der Waals surface area contributed by atoms with Crippen LogP contribution in [-0.2, 0) is 4.74 Å². The lowest BCUT2D eigenvalue weighted by Crippen LogP contribution is -2.50. The third-order valence-corrected chi connectivity index (χ3v) is 4.41. The zero-order valence-corrected chi connectivity index (χ0v) is 14.0. The number of carbonyl (C=O) groups excluding carboxylic acids is 1. The number of carboxylic acid groups (broad SMARTS) is 1. The molecule has 1 amide bonds. The van der Waals surface area contributed by atoms with Crippen LogP contribution >= 0.6 is 11.3 Å². The highest BCUT2D eigenvalue weighted by Crippen LogP contribution is 2.29. The number of piperazine rings is 1. The SMILES string of the molecule is Cc1nc(C2CNCCN2C(=O)OC(C)(C)C)sc1C(=O)O. The van der Waals surface area contributed by atoms with Crippen molar-refractivity contribution in [2.24, 2.45) is 0 Å². The molecule has 122 valence electrons. The molecule has 1 atom stereocenters. The minimum Gasteiger partial charge on any atom is -0.477 e. The second kappa shape index (κ2) is 6.21. The number of ether oxygens (including phenoxy) is 1. The normalized spacial score (nSPS) is 19.1. The Morgan fingerprint density at radius 1 is 1.45 bits per heavy atom. The number of aromatic carboxylic acids is 1. The van der Waals surface area contributed by atoms with E-state index in [2.05, 4.69) is 10.3 Å². The van der Waals surface area contributed by atoms with Crippen molar-refractivity contribution in [3.05, 3.63) is 15.6 Å². The number of rotatable bonds is 2. The number of thiazole rings is 1. The standard InChI is InChI=1S/C14H21N3O4S/c1-8-10(12(18)19)22-11(16-8)9-7-15-5-6-17(9)13(20)21-14(2,3)4/h9,15H,5-7H2,1-4H3,(H,18,19). The van der Waals surface area contributed by atoms with Gasteiger partial charge in [-0.2, -0.15) is 0 Å². The van der Waals surface area contributed by atoms with Gasteiger partial charge in [-0.25, -0.2) is 14.6 Å². The summed E-state index contributed by atoms with van der Waals surface area (Å²) in [6.45, 7) is 8.82. The fraction of sp³-hybridized carbons (Fsp3) is 0.643. The highest BCUT2D eigenvalue weighted by molar-refractivity contribution is 7.13. The summed E-state index contributed by atoms with van der Waals surface area (Å²) >= 11 is 1.11. The summed E-state index contributed by atoms with van der Waals surface area (Å²) in [6, 6.07) is -0.305. The summed E-state index contributed by atoms with van der Waals surface area (Å²) < 4.78 is 5.43. The Hall–Kier alpha value is -1.67. The summed E-state index contributed by atoms with van der Waals surface area (Å²) in [6.07, 6.45) is -0.399. The molecular weight excluding hydrogens is 306 g/mol. The first-order chi connectivity index (χ1) is 10.2. The fourth-order valence-corrected chi connectivity index (χ4v) is 3.24. The molecule has 1 fully saturated rings. The van der Waals surface area contributed by atoms with Crippen molar-refractivity contribution in [2.45, 2.75) is 39.3 Å². The van der Waals surface area contributed by atoms with Gasteiger partial charge in [-0.15, -0.1) is 11.3 Å². The average Bonchev–Trinajstić information content (AvgIpc) is 2.79. The molecule has 1 aromatic heterocycles. The maximum atomic E-state index is 12.4. The van der Waals surface area contributed by atoms with Gasteiger partial charge in [0.1, 0.15) is 15.5 Å². The van der Waals surface area contributed by atoms with E-state index in [1.165, 1.54) is 0 Å². The lowest BCUT2D eigenvalue weighted by Gasteiger charge is -2.36. The summed E-state index contributed by atoms with van der Waals surface area (Å²) in [5.41, 5.74) is -0.0976. The maximum absolute atomic E-state index is 12.4. The first kappa shape index (κ1) is 16.7. The van der Waals surface area contributed by atoms with Crippen molar-refractivity contribution in [1.82, 2.24) is 15.2 Å². The van der Waals surface area contributed by atoms with E-state index in [4.69, 9.17) is 9.84 Å². The average molecular weight is 327 g/mol. The molecule has 1 aliphatic heterocycles. The Kier molecular flexibility index (Phi) is 4.72. The van der Waals surface area contributed by atoms with Crippen molar-refractivity contribution < 1.29 is 19.4 Å². The second-order valence-electron chi connectivity index (χ2n) is 6.17. The van der Waals surface area contributed by atoms with Gasteiger partial charge in [0.05, 0.1) is 11.7 Å². The minimum absolute atomic E-state index is 0.213. The van der Waals surface area contributed by atoms with Gasteiger partial charge in [0, 0.05) is 19.6 Å². The first-order valence-electron chi connectivity index (χ1n) is 7.10. The van der Waals surface area contributed by atoms with E-state index in [9.17, 15) is 9.59 Å². The molecule has 1 saturated heterocycles. The Morgan fingerprint density at radius 2 is 2.14 bits per heavy atom. The minimum atomic E-state index is -0.992. The van der Waals surface area contributed by atoms with E-state index in [1.54, 1.807) is 11.8 Å². The predicted molar refractivity (Wildman–Crippen MR) is 82.4 cm³/mol. The van der Waals surface area contributed by atoms with Crippen LogP contribution in [0.5, 0.6) is 0 Å². The number of amides is 1. The molecule has 22 heavy (non-hydrogen) atoms. The number of hydrogen-bond acceptors (Lipinski definition) is 6. The van der Waals surface area contributed by atoms with Crippen molar-refractivity contribution in [3.63, 3.8) is 0 Å². The number of aromatic nitrogens is 1. The van der Waals surface area contributed by atoms with E-state index >= 15 is 0 Å². The number of nitrogens with zero attached hydrogens (tertiary/aromatic N) is 2. The van der Waals surface area contributed by atoms with Gasteiger partial charge in [-0.3, -0.25) is 4.90 Å². The van der Waals surface area contributed by atoms with Crippen molar-refractivity contribution in [1.29, 1.82) is 0 Å². The molecule has 2 rings (SSSR count). The summed E-state index contributed by atoms with van der Waals surface area (Å²) in [7, 11) is 0. The third kappa shape index (κ3) is 3.75. The zero-order valence-electron chi connectivity index (χ0n) is 13.2. The van der Waals surface area contributed by atoms with Crippen LogP contribution < -0.4 is 5.32 Å². The highest BCUT2D eigenvalue weighted by atomic mass is 32.1. The van der Waals surface area contributed by atoms with Crippen LogP contribution in [0.3, 0.4) is 0 Å². The smallest absolute Gasteiger partial charge is 0.410 e. The molecule has 0 bridgehead atoms. The molecule has 1 unspecified atom stereocenters. The second-order valence-corrected chi connectivity index (χ2v) is 7.20. The molecule has 8 heteroatoms. The van der Waals surface area contributed by atoms with Crippen molar-refractivity contribution >= 4 is 23.4 Å². The summed E-state index contributed by atoms with van der Waals surface area (Å²) in [5, 5.41) is 13.0. The van der Waals surface area contributed by atoms with Crippen LogP contribution in [0, 0.1) is 6.92 Å². The number of nitrogens with one attached hydrogen (secondary N) is 1. The molecule has 0 aromatic carbocycles. The monoisotopic (exact) mass is 327 g/mol. The first-order valence-corrected chi connectivity index (χ1v) is 7.91. The molecule has 2 heterocycles. The van der Waals surface area contributed by atoms with Crippen LogP contribution in [-0.4, -0.2) is 52.3 Å². The lowest BCUT2D eigenvalue weighted by molar-refractivity contribution is 0.0117. The fourth-order valence-electron chi connectivity index (χ4n) is 2.22. The van der Waals surface area contributed by atoms with E-state index in [1.807, 2.05) is 20.8 Å². The summed E-state index contributed by atoms with van der Waals surface area (Å²) in [5.74, 6) is -0.992. The maximum Gasteiger partial charge on any atom is 0.410 e. The number of carbonyl (C=O) groups is 2. The third-order valence-electron chi connectivity index (χ3n) is 3.16. The number of hydrogen-bond donors (Lipinski definition) is 2. The molecule has 0 spiro atoms. The van der Waals surface area contributed by atoms with Gasteiger partial charge in [0.15, 0.2) is 0 Å². The van der Waals surface area contributed by atoms with Crippen LogP contribution in [0.4, 0.5) is 4.79 Å². The molecular formula is C14H21N3O4S. The summed E-state index contributed by atoms with van der Waals surface area (Å²) in [4.78, 5) is 29.7. The Labute approximate surface area is 133 Å². The predicted octanol–water partition coefficient (Wildman–Crippen LogP) is 2.03. The van der Waals surface area contributed by atoms with E-state index in [-0.39, 0.29) is 10.9 Å².